The van der Waals surface area contributed by atoms with Crippen LogP contribution in [0.25, 0.3) is 6.08 Å². The second-order valence-corrected chi connectivity index (χ2v) is 5.09. The van der Waals surface area contributed by atoms with Crippen molar-refractivity contribution in [2.75, 3.05) is 0 Å². The Labute approximate surface area is 109 Å². The third kappa shape index (κ3) is 4.02. The monoisotopic (exact) mass is 243 g/mol. The van der Waals surface area contributed by atoms with Gasteiger partial charge in [0, 0.05) is 12.1 Å². The Balaban J connectivity index is 1.86. The topological polar surface area (TPSA) is 29.1 Å². The summed E-state index contributed by atoms with van der Waals surface area (Å²) in [6, 6.07) is 8.53. The van der Waals surface area contributed by atoms with Gasteiger partial charge in [-0.2, -0.15) is 0 Å². The predicted molar refractivity (Wildman–Crippen MR) is 75.2 cm³/mol. The van der Waals surface area contributed by atoms with E-state index < -0.39 is 0 Å². The van der Waals surface area contributed by atoms with Crippen molar-refractivity contribution in [3.8, 4) is 0 Å². The summed E-state index contributed by atoms with van der Waals surface area (Å²) in [6.45, 7) is 2.05. The van der Waals surface area contributed by atoms with E-state index in [9.17, 15) is 4.79 Å². The zero-order chi connectivity index (χ0) is 12.8. The summed E-state index contributed by atoms with van der Waals surface area (Å²) >= 11 is 0. The van der Waals surface area contributed by atoms with E-state index in [1.165, 1.54) is 24.8 Å². The fraction of sp³-hybridized carbons (Fsp3) is 0.438. The molecule has 18 heavy (non-hydrogen) atoms. The molecule has 1 aromatic carbocycles. The smallest absolute Gasteiger partial charge is 0.244 e. The van der Waals surface area contributed by atoms with E-state index in [-0.39, 0.29) is 5.91 Å². The maximum Gasteiger partial charge on any atom is 0.244 e. The average molecular weight is 243 g/mol. The highest BCUT2D eigenvalue weighted by molar-refractivity contribution is 5.91. The van der Waals surface area contributed by atoms with Crippen LogP contribution in [0.4, 0.5) is 0 Å². The number of nitrogens with one attached hydrogen (secondary N) is 1. The van der Waals surface area contributed by atoms with E-state index >= 15 is 0 Å². The zero-order valence-corrected chi connectivity index (χ0v) is 11.0. The van der Waals surface area contributed by atoms with Gasteiger partial charge in [0.2, 0.25) is 5.91 Å². The number of rotatable bonds is 3. The van der Waals surface area contributed by atoms with Crippen molar-refractivity contribution >= 4 is 12.0 Å². The number of hydrogen-bond acceptors (Lipinski definition) is 1. The van der Waals surface area contributed by atoms with Crippen LogP contribution in [0.2, 0.25) is 0 Å². The molecule has 1 amide bonds. The quantitative estimate of drug-likeness (QED) is 0.809. The lowest BCUT2D eigenvalue weighted by Crippen LogP contribution is -2.34. The van der Waals surface area contributed by atoms with Crippen molar-refractivity contribution in [3.63, 3.8) is 0 Å². The third-order valence-corrected chi connectivity index (χ3v) is 3.42. The molecule has 0 bridgehead atoms. The van der Waals surface area contributed by atoms with Gasteiger partial charge in [-0.3, -0.25) is 4.79 Å². The van der Waals surface area contributed by atoms with Gasteiger partial charge in [0.1, 0.15) is 0 Å². The summed E-state index contributed by atoms with van der Waals surface area (Å²) < 4.78 is 0. The lowest BCUT2D eigenvalue weighted by molar-refractivity contribution is -0.117. The molecule has 1 fully saturated rings. The highest BCUT2D eigenvalue weighted by Gasteiger charge is 2.13. The van der Waals surface area contributed by atoms with Crippen LogP contribution in [-0.4, -0.2) is 11.9 Å². The molecule has 0 heterocycles. The number of hydrogen-bond donors (Lipinski definition) is 1. The maximum atomic E-state index is 11.8. The first-order valence-electron chi connectivity index (χ1n) is 6.79. The molecule has 0 aliphatic heterocycles. The molecule has 1 aliphatic rings. The van der Waals surface area contributed by atoms with Gasteiger partial charge in [0.05, 0.1) is 0 Å². The van der Waals surface area contributed by atoms with Gasteiger partial charge in [0.15, 0.2) is 0 Å². The van der Waals surface area contributed by atoms with E-state index in [4.69, 9.17) is 0 Å². The summed E-state index contributed by atoms with van der Waals surface area (Å²) in [6.07, 6.45) is 9.58. The Morgan fingerprint density at radius 2 is 2.06 bits per heavy atom. The van der Waals surface area contributed by atoms with Gasteiger partial charge < -0.3 is 5.32 Å². The summed E-state index contributed by atoms with van der Waals surface area (Å²) in [5.74, 6) is 0.0309. The SMILES string of the molecule is Cc1cccc(/C=C/C(=O)NC2CCCCC2)c1. The van der Waals surface area contributed by atoms with Gasteiger partial charge in [-0.15, -0.1) is 0 Å². The molecule has 0 saturated heterocycles. The van der Waals surface area contributed by atoms with Crippen LogP contribution in [0.15, 0.2) is 30.3 Å². The first-order valence-corrected chi connectivity index (χ1v) is 6.79. The molecule has 1 saturated carbocycles. The molecule has 0 aromatic heterocycles. The lowest BCUT2D eigenvalue weighted by Gasteiger charge is -2.21. The molecule has 1 aromatic rings. The molecule has 0 spiro atoms. The second kappa shape index (κ2) is 6.39. The third-order valence-electron chi connectivity index (χ3n) is 3.42. The van der Waals surface area contributed by atoms with Crippen LogP contribution in [0.5, 0.6) is 0 Å². The van der Waals surface area contributed by atoms with Crippen molar-refractivity contribution in [1.82, 2.24) is 5.32 Å². The minimum Gasteiger partial charge on any atom is -0.350 e. The second-order valence-electron chi connectivity index (χ2n) is 5.09. The number of amides is 1. The molecular weight excluding hydrogens is 222 g/mol. The van der Waals surface area contributed by atoms with Crippen LogP contribution < -0.4 is 5.32 Å². The van der Waals surface area contributed by atoms with Crippen LogP contribution in [-0.2, 0) is 4.79 Å². The standard InChI is InChI=1S/C16H21NO/c1-13-6-5-7-14(12-13)10-11-16(18)17-15-8-3-2-4-9-15/h5-7,10-12,15H,2-4,8-9H2,1H3,(H,17,18)/b11-10+. The molecule has 0 unspecified atom stereocenters. The van der Waals surface area contributed by atoms with Crippen LogP contribution >= 0.6 is 0 Å². The largest absolute Gasteiger partial charge is 0.350 e. The molecule has 2 nitrogen and oxygen atoms in total. The number of carbonyl (C=O) groups is 1. The Morgan fingerprint density at radius 3 is 2.78 bits per heavy atom. The number of benzene rings is 1. The van der Waals surface area contributed by atoms with Crippen molar-refractivity contribution in [2.24, 2.45) is 0 Å². The fourth-order valence-corrected chi connectivity index (χ4v) is 2.44. The van der Waals surface area contributed by atoms with E-state index in [0.717, 1.165) is 18.4 Å². The molecule has 0 radical (unpaired) electrons. The van der Waals surface area contributed by atoms with Crippen LogP contribution in [0.1, 0.15) is 43.2 Å². The number of carbonyl (C=O) groups excluding carboxylic acids is 1. The Bertz CT molecular complexity index is 430. The highest BCUT2D eigenvalue weighted by atomic mass is 16.1. The molecule has 0 atom stereocenters. The number of aryl methyl sites for hydroxylation is 1. The van der Waals surface area contributed by atoms with E-state index in [0.29, 0.717) is 6.04 Å². The van der Waals surface area contributed by atoms with Crippen LogP contribution in [0, 0.1) is 6.92 Å². The summed E-state index contributed by atoms with van der Waals surface area (Å²) in [4.78, 5) is 11.8. The first kappa shape index (κ1) is 12.9. The Kier molecular flexibility index (Phi) is 4.57. The van der Waals surface area contributed by atoms with E-state index in [2.05, 4.69) is 24.4 Å². The first-order chi connectivity index (χ1) is 8.74. The van der Waals surface area contributed by atoms with Gasteiger partial charge >= 0.3 is 0 Å². The van der Waals surface area contributed by atoms with E-state index in [1.807, 2.05) is 18.2 Å². The van der Waals surface area contributed by atoms with Crippen LogP contribution in [0.3, 0.4) is 0 Å². The lowest BCUT2D eigenvalue weighted by atomic mass is 9.95. The van der Waals surface area contributed by atoms with Gasteiger partial charge in [0.25, 0.3) is 0 Å². The molecule has 1 N–H and O–H groups in total. The molecule has 1 aliphatic carbocycles. The van der Waals surface area contributed by atoms with Gasteiger partial charge in [-0.1, -0.05) is 49.1 Å². The average Bonchev–Trinajstić information content (AvgIpc) is 2.38. The normalized spacial score (nSPS) is 16.9. The summed E-state index contributed by atoms with van der Waals surface area (Å²) in [5, 5.41) is 3.08. The van der Waals surface area contributed by atoms with Crippen molar-refractivity contribution in [2.45, 2.75) is 45.1 Å². The van der Waals surface area contributed by atoms with Gasteiger partial charge in [-0.05, 0) is 31.4 Å². The maximum absolute atomic E-state index is 11.8. The molecule has 2 heteroatoms. The molecular formula is C16H21NO. The Hall–Kier alpha value is -1.57. The highest BCUT2D eigenvalue weighted by Crippen LogP contribution is 2.17. The Morgan fingerprint density at radius 1 is 1.28 bits per heavy atom. The molecule has 2 rings (SSSR count). The summed E-state index contributed by atoms with van der Waals surface area (Å²) in [7, 11) is 0. The summed E-state index contributed by atoms with van der Waals surface area (Å²) in [5.41, 5.74) is 2.29. The fourth-order valence-electron chi connectivity index (χ4n) is 2.44. The predicted octanol–water partition coefficient (Wildman–Crippen LogP) is 3.46. The molecule has 96 valence electrons. The van der Waals surface area contributed by atoms with Crippen molar-refractivity contribution < 1.29 is 4.79 Å². The zero-order valence-electron chi connectivity index (χ0n) is 11.0. The minimum atomic E-state index is 0.0309. The van der Waals surface area contributed by atoms with E-state index in [1.54, 1.807) is 6.08 Å². The van der Waals surface area contributed by atoms with Crippen molar-refractivity contribution in [1.29, 1.82) is 0 Å². The van der Waals surface area contributed by atoms with Crippen molar-refractivity contribution in [3.05, 3.63) is 41.5 Å². The minimum absolute atomic E-state index is 0.0309. The van der Waals surface area contributed by atoms with Gasteiger partial charge in [-0.25, -0.2) is 0 Å².